The van der Waals surface area contributed by atoms with Gasteiger partial charge in [0.2, 0.25) is 5.95 Å². The molecule has 2 saturated carbocycles. The van der Waals surface area contributed by atoms with Crippen LogP contribution in [0.4, 0.5) is 11.8 Å². The number of sulfone groups is 1. The normalized spacial score (nSPS) is 17.6. The molecule has 4 aromatic rings. The maximum atomic E-state index is 13.1. The molecule has 2 aliphatic carbocycles. The van der Waals surface area contributed by atoms with Crippen LogP contribution in [0.1, 0.15) is 56.3 Å². The molecule has 0 bridgehead atoms. The minimum atomic E-state index is -3.67. The lowest BCUT2D eigenvalue weighted by Gasteiger charge is -2.27. The Morgan fingerprint density at radius 2 is 1.81 bits per heavy atom. The van der Waals surface area contributed by atoms with Crippen LogP contribution < -0.4 is 10.6 Å². The monoisotopic (exact) mass is 608 g/mol. The first-order chi connectivity index (χ1) is 20.2. The highest BCUT2D eigenvalue weighted by Gasteiger charge is 2.33. The molecule has 0 unspecified atom stereocenters. The minimum Gasteiger partial charge on any atom is -0.388 e. The third-order valence-electron chi connectivity index (χ3n) is 8.00. The van der Waals surface area contributed by atoms with Gasteiger partial charge in [0.25, 0.3) is 0 Å². The van der Waals surface area contributed by atoms with E-state index in [1.54, 1.807) is 25.1 Å². The second-order valence-corrected chi connectivity index (χ2v) is 14.4. The summed E-state index contributed by atoms with van der Waals surface area (Å²) < 4.78 is 27.1. The van der Waals surface area contributed by atoms with E-state index >= 15 is 0 Å². The zero-order chi connectivity index (χ0) is 29.4. The number of aliphatic hydroxyl groups excluding tert-OH is 2. The van der Waals surface area contributed by atoms with Crippen LogP contribution in [0.25, 0.3) is 20.8 Å². The van der Waals surface area contributed by atoms with Gasteiger partial charge in [0, 0.05) is 24.6 Å². The van der Waals surface area contributed by atoms with Crippen molar-refractivity contribution in [3.63, 3.8) is 0 Å². The number of hydrogen-bond donors (Lipinski definition) is 4. The van der Waals surface area contributed by atoms with E-state index in [1.165, 1.54) is 36.3 Å². The molecular formula is C30H36N6O4S2. The Hall–Kier alpha value is -3.19. The van der Waals surface area contributed by atoms with E-state index in [0.717, 1.165) is 35.3 Å². The van der Waals surface area contributed by atoms with E-state index in [9.17, 15) is 18.6 Å². The van der Waals surface area contributed by atoms with Crippen molar-refractivity contribution in [2.24, 2.45) is 11.8 Å². The third-order valence-corrected chi connectivity index (χ3v) is 10.9. The first kappa shape index (κ1) is 28.9. The molecule has 10 nitrogen and oxygen atoms in total. The molecule has 1 aromatic carbocycles. The summed E-state index contributed by atoms with van der Waals surface area (Å²) in [5.41, 5.74) is 3.18. The number of aliphatic hydroxyl groups is 2. The maximum absolute atomic E-state index is 13.1. The molecule has 6 rings (SSSR count). The fourth-order valence-corrected chi connectivity index (χ4v) is 7.98. The summed E-state index contributed by atoms with van der Waals surface area (Å²) in [4.78, 5) is 19.2. The predicted octanol–water partition coefficient (Wildman–Crippen LogP) is 4.75. The second kappa shape index (κ2) is 11.8. The molecular weight excluding hydrogens is 573 g/mol. The molecule has 12 heteroatoms. The van der Waals surface area contributed by atoms with E-state index in [-0.39, 0.29) is 10.6 Å². The molecule has 0 spiro atoms. The molecule has 42 heavy (non-hydrogen) atoms. The number of anilines is 2. The van der Waals surface area contributed by atoms with Gasteiger partial charge in [-0.1, -0.05) is 25.1 Å². The van der Waals surface area contributed by atoms with Gasteiger partial charge in [-0.3, -0.25) is 4.98 Å². The highest BCUT2D eigenvalue weighted by Crippen LogP contribution is 2.44. The average Bonchev–Trinajstić information content (AvgIpc) is 3.92. The second-order valence-electron chi connectivity index (χ2n) is 11.4. The van der Waals surface area contributed by atoms with Gasteiger partial charge >= 0.3 is 0 Å². The Morgan fingerprint density at radius 1 is 1.05 bits per heavy atom. The molecule has 2 fully saturated rings. The number of thiazole rings is 1. The fourth-order valence-electron chi connectivity index (χ4n) is 5.15. The Morgan fingerprint density at radius 3 is 2.50 bits per heavy atom. The van der Waals surface area contributed by atoms with Crippen molar-refractivity contribution in [1.82, 2.24) is 19.9 Å². The average molecular weight is 609 g/mol. The van der Waals surface area contributed by atoms with Crippen molar-refractivity contribution in [2.45, 2.75) is 69.1 Å². The van der Waals surface area contributed by atoms with Crippen LogP contribution in [-0.4, -0.2) is 63.2 Å². The summed E-state index contributed by atoms with van der Waals surface area (Å²) in [6, 6.07) is 10.1. The van der Waals surface area contributed by atoms with Crippen LogP contribution in [0.2, 0.25) is 0 Å². The summed E-state index contributed by atoms with van der Waals surface area (Å²) in [7, 11) is -3.67. The van der Waals surface area contributed by atoms with Gasteiger partial charge in [-0.15, -0.1) is 11.3 Å². The SMILES string of the molecule is CC[C@H](CS(=O)(=O)c1ccccc1)[C@@H](O)[C@@H](O)Nc1nc(NCC2CC2)nc(C)c1-c1nc2c(C3CC3)nccc2s1. The summed E-state index contributed by atoms with van der Waals surface area (Å²) >= 11 is 1.51. The topological polar surface area (TPSA) is 150 Å². The van der Waals surface area contributed by atoms with Gasteiger partial charge in [0.05, 0.1) is 32.3 Å². The number of benzene rings is 1. The summed E-state index contributed by atoms with van der Waals surface area (Å²) in [6.45, 7) is 4.44. The van der Waals surface area contributed by atoms with E-state index in [1.807, 2.05) is 19.2 Å². The molecule has 222 valence electrons. The maximum Gasteiger partial charge on any atom is 0.224 e. The fraction of sp³-hybridized carbons (Fsp3) is 0.467. The number of nitrogens with zero attached hydrogens (tertiary/aromatic N) is 4. The van der Waals surface area contributed by atoms with Crippen molar-refractivity contribution in [2.75, 3.05) is 22.9 Å². The van der Waals surface area contributed by atoms with E-state index in [2.05, 4.69) is 15.6 Å². The molecule has 3 heterocycles. The lowest BCUT2D eigenvalue weighted by Crippen LogP contribution is -2.41. The molecule has 0 amide bonds. The number of hydrogen-bond acceptors (Lipinski definition) is 11. The van der Waals surface area contributed by atoms with Crippen molar-refractivity contribution in [3.05, 3.63) is 54.0 Å². The van der Waals surface area contributed by atoms with E-state index < -0.39 is 28.1 Å². The molecule has 3 aromatic heterocycles. The highest BCUT2D eigenvalue weighted by atomic mass is 32.2. The third kappa shape index (κ3) is 6.26. The Kier molecular flexibility index (Phi) is 8.14. The number of fused-ring (bicyclic) bond motifs is 1. The molecule has 0 aliphatic heterocycles. The first-order valence-electron chi connectivity index (χ1n) is 14.5. The van der Waals surface area contributed by atoms with Gasteiger partial charge in [0.1, 0.15) is 22.4 Å². The van der Waals surface area contributed by atoms with Crippen molar-refractivity contribution >= 4 is 43.2 Å². The van der Waals surface area contributed by atoms with Crippen LogP contribution in [0.5, 0.6) is 0 Å². The highest BCUT2D eigenvalue weighted by molar-refractivity contribution is 7.91. The number of pyridine rings is 1. The largest absolute Gasteiger partial charge is 0.388 e. The minimum absolute atomic E-state index is 0.189. The number of aromatic nitrogens is 4. The summed E-state index contributed by atoms with van der Waals surface area (Å²) in [5.74, 6) is 0.771. The lowest BCUT2D eigenvalue weighted by atomic mass is 10.0. The number of aryl methyl sites for hydroxylation is 1. The van der Waals surface area contributed by atoms with E-state index in [4.69, 9.17) is 15.0 Å². The molecule has 2 aliphatic rings. The van der Waals surface area contributed by atoms with Gasteiger partial charge in [0.15, 0.2) is 16.1 Å². The van der Waals surface area contributed by atoms with Crippen LogP contribution in [-0.2, 0) is 9.84 Å². The smallest absolute Gasteiger partial charge is 0.224 e. The predicted molar refractivity (Wildman–Crippen MR) is 164 cm³/mol. The molecule has 4 N–H and O–H groups in total. The number of nitrogens with one attached hydrogen (secondary N) is 2. The summed E-state index contributed by atoms with van der Waals surface area (Å²) in [5, 5.41) is 29.4. The molecule has 3 atom stereocenters. The van der Waals surface area contributed by atoms with Crippen LogP contribution in [0, 0.1) is 18.8 Å². The summed E-state index contributed by atoms with van der Waals surface area (Å²) in [6.07, 6.45) is 3.88. The van der Waals surface area contributed by atoms with Gasteiger partial charge in [-0.25, -0.2) is 18.4 Å². The quantitative estimate of drug-likeness (QED) is 0.157. The van der Waals surface area contributed by atoms with Gasteiger partial charge < -0.3 is 20.8 Å². The van der Waals surface area contributed by atoms with Crippen LogP contribution in [0.3, 0.4) is 0 Å². The Labute approximate surface area is 249 Å². The van der Waals surface area contributed by atoms with Gasteiger partial charge in [-0.05, 0) is 63.1 Å². The Bertz CT molecular complexity index is 1670. The van der Waals surface area contributed by atoms with Crippen LogP contribution >= 0.6 is 11.3 Å². The Balaban J connectivity index is 1.30. The first-order valence-corrected chi connectivity index (χ1v) is 17.0. The standard InChI is InChI=1S/C30H36N6O4S2/c1-3-19(16-42(39,40)21-7-5-4-6-8-21)26(37)28(38)35-27-23(17(2)33-30(36-27)32-15-18-9-10-18)29-34-25-22(41-29)13-14-31-24(25)20-11-12-20/h4-8,13-14,18-20,26,28,37-38H,3,9-12,15-16H2,1-2H3,(H2,32,33,35,36)/t19-,26-,28-/m1/s1. The molecule has 0 radical (unpaired) electrons. The number of rotatable bonds is 13. The van der Waals surface area contributed by atoms with E-state index in [0.29, 0.717) is 46.3 Å². The molecule has 0 saturated heterocycles. The van der Waals surface area contributed by atoms with Crippen molar-refractivity contribution in [1.29, 1.82) is 0 Å². The lowest BCUT2D eigenvalue weighted by molar-refractivity contribution is 0.00263. The van der Waals surface area contributed by atoms with Crippen molar-refractivity contribution in [3.8, 4) is 10.6 Å². The van der Waals surface area contributed by atoms with Gasteiger partial charge in [-0.2, -0.15) is 4.98 Å². The zero-order valence-corrected chi connectivity index (χ0v) is 25.3. The zero-order valence-electron chi connectivity index (χ0n) is 23.7. The van der Waals surface area contributed by atoms with Crippen molar-refractivity contribution < 1.29 is 18.6 Å². The van der Waals surface area contributed by atoms with Crippen LogP contribution in [0.15, 0.2) is 47.5 Å².